The first-order chi connectivity index (χ1) is 6.83. The highest BCUT2D eigenvalue weighted by Gasteiger charge is 2.14. The predicted octanol–water partition coefficient (Wildman–Crippen LogP) is 3.22. The summed E-state index contributed by atoms with van der Waals surface area (Å²) in [4.78, 5) is 10.9. The van der Waals surface area contributed by atoms with E-state index in [4.69, 9.17) is 4.74 Å². The Balaban J connectivity index is 2.01. The zero-order chi connectivity index (χ0) is 10.2. The fourth-order valence-corrected chi connectivity index (χ4v) is 1.72. The van der Waals surface area contributed by atoms with Crippen LogP contribution in [-0.2, 0) is 9.53 Å². The smallest absolute Gasteiger partial charge is 0.330 e. The summed E-state index contributed by atoms with van der Waals surface area (Å²) in [6.07, 6.45) is 11.9. The molecule has 1 rings (SSSR count). The molecule has 14 heavy (non-hydrogen) atoms. The molecule has 0 aromatic rings. The van der Waals surface area contributed by atoms with Gasteiger partial charge in [0.05, 0.1) is 0 Å². The van der Waals surface area contributed by atoms with Crippen molar-refractivity contribution in [3.05, 3.63) is 12.2 Å². The van der Waals surface area contributed by atoms with Crippen molar-refractivity contribution in [3.8, 4) is 0 Å². The summed E-state index contributed by atoms with van der Waals surface area (Å²) in [5.41, 5.74) is 0. The Kier molecular flexibility index (Phi) is 5.35. The van der Waals surface area contributed by atoms with Gasteiger partial charge in [-0.15, -0.1) is 0 Å². The third kappa shape index (κ3) is 4.45. The van der Waals surface area contributed by atoms with Crippen molar-refractivity contribution in [3.63, 3.8) is 0 Å². The fourth-order valence-electron chi connectivity index (χ4n) is 1.72. The van der Waals surface area contributed by atoms with Gasteiger partial charge in [-0.05, 0) is 12.8 Å². The van der Waals surface area contributed by atoms with Gasteiger partial charge in [-0.2, -0.15) is 0 Å². The molecule has 0 amide bonds. The second-order valence-corrected chi connectivity index (χ2v) is 3.90. The van der Waals surface area contributed by atoms with Gasteiger partial charge in [-0.25, -0.2) is 4.79 Å². The van der Waals surface area contributed by atoms with Crippen LogP contribution in [0.15, 0.2) is 12.2 Å². The zero-order valence-corrected chi connectivity index (χ0v) is 9.00. The maximum atomic E-state index is 10.9. The number of carbonyl (C=O) groups is 1. The summed E-state index contributed by atoms with van der Waals surface area (Å²) in [5.74, 6) is -0.171. The molecule has 0 aromatic heterocycles. The molecule has 80 valence electrons. The molecule has 2 heteroatoms. The number of hydrogen-bond donors (Lipinski definition) is 0. The van der Waals surface area contributed by atoms with E-state index in [1.54, 1.807) is 0 Å². The van der Waals surface area contributed by atoms with Crippen LogP contribution in [0.2, 0.25) is 0 Å². The van der Waals surface area contributed by atoms with Gasteiger partial charge in [0.1, 0.15) is 6.10 Å². The van der Waals surface area contributed by atoms with Crippen LogP contribution in [0.3, 0.4) is 0 Å². The number of unbranched alkanes of at least 4 members (excludes halogenated alkanes) is 4. The van der Waals surface area contributed by atoms with Crippen molar-refractivity contribution in [2.24, 2.45) is 0 Å². The quantitative estimate of drug-likeness (QED) is 0.481. The molecule has 2 nitrogen and oxygen atoms in total. The molecule has 0 N–H and O–H groups in total. The first-order valence-electron chi connectivity index (χ1n) is 5.70. The molecule has 0 radical (unpaired) electrons. The lowest BCUT2D eigenvalue weighted by atomic mass is 10.0. The van der Waals surface area contributed by atoms with E-state index in [-0.39, 0.29) is 12.1 Å². The van der Waals surface area contributed by atoms with Gasteiger partial charge in [-0.3, -0.25) is 0 Å². The van der Waals surface area contributed by atoms with Crippen LogP contribution >= 0.6 is 0 Å². The van der Waals surface area contributed by atoms with Crippen molar-refractivity contribution < 1.29 is 9.53 Å². The van der Waals surface area contributed by atoms with Crippen molar-refractivity contribution in [2.45, 2.75) is 58.0 Å². The number of rotatable bonds is 6. The van der Waals surface area contributed by atoms with Crippen LogP contribution in [0.5, 0.6) is 0 Å². The van der Waals surface area contributed by atoms with Crippen molar-refractivity contribution in [2.75, 3.05) is 0 Å². The van der Waals surface area contributed by atoms with Crippen molar-refractivity contribution in [1.82, 2.24) is 0 Å². The molecule has 0 spiro atoms. The fraction of sp³-hybridized carbons (Fsp3) is 0.750. The van der Waals surface area contributed by atoms with Crippen LogP contribution in [0, 0.1) is 0 Å². The van der Waals surface area contributed by atoms with Gasteiger partial charge in [0.25, 0.3) is 0 Å². The molecule has 0 saturated carbocycles. The van der Waals surface area contributed by atoms with Gasteiger partial charge in [0.2, 0.25) is 0 Å². The molecule has 0 bridgehead atoms. The number of hydrogen-bond acceptors (Lipinski definition) is 2. The molecular weight excluding hydrogens is 176 g/mol. The number of esters is 1. The van der Waals surface area contributed by atoms with Crippen molar-refractivity contribution >= 4 is 5.97 Å². The zero-order valence-electron chi connectivity index (χ0n) is 9.00. The van der Waals surface area contributed by atoms with E-state index >= 15 is 0 Å². The lowest BCUT2D eigenvalue weighted by Gasteiger charge is -2.18. The summed E-state index contributed by atoms with van der Waals surface area (Å²) in [6, 6.07) is 0. The summed E-state index contributed by atoms with van der Waals surface area (Å²) in [7, 11) is 0. The minimum Gasteiger partial charge on any atom is -0.459 e. The third-order valence-electron chi connectivity index (χ3n) is 2.57. The Labute approximate surface area is 86.3 Å². The SMILES string of the molecule is CCCCCCC[C@@H]1CC=CC(=O)O1. The highest BCUT2D eigenvalue weighted by molar-refractivity contribution is 5.82. The van der Waals surface area contributed by atoms with Crippen molar-refractivity contribution in [1.29, 1.82) is 0 Å². The van der Waals surface area contributed by atoms with E-state index in [2.05, 4.69) is 6.92 Å². The molecule has 0 saturated heterocycles. The van der Waals surface area contributed by atoms with Gasteiger partial charge in [0, 0.05) is 12.5 Å². The minimum absolute atomic E-state index is 0.147. The predicted molar refractivity (Wildman–Crippen MR) is 57.0 cm³/mol. The molecule has 0 unspecified atom stereocenters. The Hall–Kier alpha value is -0.790. The molecule has 0 aliphatic carbocycles. The lowest BCUT2D eigenvalue weighted by Crippen LogP contribution is -2.19. The second kappa shape index (κ2) is 6.63. The first kappa shape index (κ1) is 11.3. The summed E-state index contributed by atoms with van der Waals surface area (Å²) in [6.45, 7) is 2.22. The second-order valence-electron chi connectivity index (χ2n) is 3.90. The third-order valence-corrected chi connectivity index (χ3v) is 2.57. The van der Waals surface area contributed by atoms with Crippen LogP contribution in [0.4, 0.5) is 0 Å². The van der Waals surface area contributed by atoms with Gasteiger partial charge < -0.3 is 4.74 Å². The lowest BCUT2D eigenvalue weighted by molar-refractivity contribution is -0.144. The number of carbonyl (C=O) groups excluding carboxylic acids is 1. The summed E-state index contributed by atoms with van der Waals surface area (Å²) >= 11 is 0. The minimum atomic E-state index is -0.171. The van der Waals surface area contributed by atoms with E-state index in [0.717, 1.165) is 12.8 Å². The Morgan fingerprint density at radius 3 is 2.86 bits per heavy atom. The van der Waals surface area contributed by atoms with Gasteiger partial charge >= 0.3 is 5.97 Å². The van der Waals surface area contributed by atoms with Crippen LogP contribution in [0.25, 0.3) is 0 Å². The van der Waals surface area contributed by atoms with Crippen LogP contribution in [0.1, 0.15) is 51.9 Å². The summed E-state index contributed by atoms with van der Waals surface area (Å²) < 4.78 is 5.17. The molecule has 0 fully saturated rings. The normalized spacial score (nSPS) is 20.9. The highest BCUT2D eigenvalue weighted by atomic mass is 16.5. The molecular formula is C12H20O2. The average Bonchev–Trinajstić information content (AvgIpc) is 2.18. The highest BCUT2D eigenvalue weighted by Crippen LogP contribution is 2.15. The van der Waals surface area contributed by atoms with E-state index in [9.17, 15) is 4.79 Å². The Bertz CT molecular complexity index is 196. The standard InChI is InChI=1S/C12H20O2/c1-2-3-4-5-6-8-11-9-7-10-12(13)14-11/h7,10-11H,2-6,8-9H2,1H3/t11-/m1/s1. The maximum absolute atomic E-state index is 10.9. The van der Waals surface area contributed by atoms with Crippen LogP contribution in [-0.4, -0.2) is 12.1 Å². The molecule has 0 aromatic carbocycles. The van der Waals surface area contributed by atoms with Crippen LogP contribution < -0.4 is 0 Å². The monoisotopic (exact) mass is 196 g/mol. The molecule has 1 aliphatic heterocycles. The Morgan fingerprint density at radius 1 is 1.36 bits per heavy atom. The molecule has 1 heterocycles. The van der Waals surface area contributed by atoms with E-state index in [1.165, 1.54) is 38.2 Å². The number of ether oxygens (including phenoxy) is 1. The van der Waals surface area contributed by atoms with E-state index in [1.807, 2.05) is 6.08 Å². The van der Waals surface area contributed by atoms with Gasteiger partial charge in [0.15, 0.2) is 0 Å². The molecule has 1 aliphatic rings. The maximum Gasteiger partial charge on any atom is 0.330 e. The molecule has 1 atom stereocenters. The Morgan fingerprint density at radius 2 is 2.14 bits per heavy atom. The number of cyclic esters (lactones) is 1. The van der Waals surface area contributed by atoms with E-state index < -0.39 is 0 Å². The topological polar surface area (TPSA) is 26.3 Å². The van der Waals surface area contributed by atoms with Gasteiger partial charge in [-0.1, -0.05) is 38.7 Å². The van der Waals surface area contributed by atoms with E-state index in [0.29, 0.717) is 0 Å². The average molecular weight is 196 g/mol. The summed E-state index contributed by atoms with van der Waals surface area (Å²) in [5, 5.41) is 0. The largest absolute Gasteiger partial charge is 0.459 e. The first-order valence-corrected chi connectivity index (χ1v) is 5.70.